The first-order valence-electron chi connectivity index (χ1n) is 9.29. The molecule has 1 amide bonds. The highest BCUT2D eigenvalue weighted by Gasteiger charge is 2.21. The van der Waals surface area contributed by atoms with Gasteiger partial charge in [-0.2, -0.15) is 9.40 Å². The Morgan fingerprint density at radius 1 is 1.07 bits per heavy atom. The molecule has 152 valence electrons. The maximum Gasteiger partial charge on any atom is 0.251 e. The monoisotopic (exact) mass is 413 g/mol. The van der Waals surface area contributed by atoms with E-state index in [1.807, 2.05) is 6.07 Å². The average molecular weight is 414 g/mol. The van der Waals surface area contributed by atoms with Crippen molar-refractivity contribution in [3.63, 3.8) is 0 Å². The Bertz CT molecular complexity index is 1060. The largest absolute Gasteiger partial charge is 0.348 e. The number of rotatable bonds is 8. The van der Waals surface area contributed by atoms with Crippen molar-refractivity contribution in [3.05, 3.63) is 72.2 Å². The molecule has 0 radical (unpaired) electrons. The second-order valence-corrected chi connectivity index (χ2v) is 8.17. The molecule has 0 unspecified atom stereocenters. The summed E-state index contributed by atoms with van der Waals surface area (Å²) in [5.74, 6) is 0.338. The zero-order valence-electron chi connectivity index (χ0n) is 16.3. The summed E-state index contributed by atoms with van der Waals surface area (Å²) in [6.07, 6.45) is 5.10. The van der Waals surface area contributed by atoms with Gasteiger partial charge in [0.2, 0.25) is 10.0 Å². The van der Waals surface area contributed by atoms with E-state index < -0.39 is 10.0 Å². The number of carbonyl (C=O) groups excluding carboxylic acids is 1. The Morgan fingerprint density at radius 3 is 2.41 bits per heavy atom. The van der Waals surface area contributed by atoms with E-state index in [1.54, 1.807) is 49.3 Å². The lowest BCUT2D eigenvalue weighted by molar-refractivity contribution is 0.0950. The summed E-state index contributed by atoms with van der Waals surface area (Å²) < 4.78 is 28.1. The third-order valence-corrected chi connectivity index (χ3v) is 6.55. The number of nitrogens with one attached hydrogen (secondary N) is 1. The maximum atomic E-state index is 12.5. The summed E-state index contributed by atoms with van der Waals surface area (Å²) in [7, 11) is -3.55. The van der Waals surface area contributed by atoms with E-state index >= 15 is 0 Å². The minimum atomic E-state index is -3.55. The summed E-state index contributed by atoms with van der Waals surface area (Å²) in [4.78, 5) is 17.0. The van der Waals surface area contributed by atoms with E-state index in [2.05, 4.69) is 15.4 Å². The van der Waals surface area contributed by atoms with Crippen LogP contribution in [0.25, 0.3) is 5.82 Å². The van der Waals surface area contributed by atoms with Gasteiger partial charge < -0.3 is 5.32 Å². The lowest BCUT2D eigenvalue weighted by Gasteiger charge is -2.18. The molecule has 0 aliphatic rings. The van der Waals surface area contributed by atoms with Gasteiger partial charge in [-0.3, -0.25) is 4.79 Å². The van der Waals surface area contributed by atoms with Gasteiger partial charge in [0.25, 0.3) is 5.91 Å². The third kappa shape index (κ3) is 4.52. The van der Waals surface area contributed by atoms with Crippen LogP contribution in [0.4, 0.5) is 0 Å². The van der Waals surface area contributed by atoms with Crippen LogP contribution < -0.4 is 5.32 Å². The highest BCUT2D eigenvalue weighted by atomic mass is 32.2. The molecule has 0 atom stereocenters. The molecule has 29 heavy (non-hydrogen) atoms. The van der Waals surface area contributed by atoms with Crippen molar-refractivity contribution in [2.24, 2.45) is 0 Å². The zero-order chi connectivity index (χ0) is 20.9. The highest BCUT2D eigenvalue weighted by molar-refractivity contribution is 7.89. The second-order valence-electron chi connectivity index (χ2n) is 6.23. The molecule has 8 nitrogen and oxygen atoms in total. The van der Waals surface area contributed by atoms with E-state index in [-0.39, 0.29) is 17.3 Å². The summed E-state index contributed by atoms with van der Waals surface area (Å²) in [5, 5.41) is 7.01. The maximum absolute atomic E-state index is 12.5. The molecule has 0 bridgehead atoms. The number of carbonyl (C=O) groups is 1. The SMILES string of the molecule is CCN(CC)S(=O)(=O)c1ccc(C(=O)NCc2cccnc2-n2cccn2)cc1. The first-order valence-corrected chi connectivity index (χ1v) is 10.7. The van der Waals surface area contributed by atoms with Gasteiger partial charge in [0.15, 0.2) is 5.82 Å². The summed E-state index contributed by atoms with van der Waals surface area (Å²) in [5.41, 5.74) is 1.19. The highest BCUT2D eigenvalue weighted by Crippen LogP contribution is 2.16. The predicted molar refractivity (Wildman–Crippen MR) is 109 cm³/mol. The van der Waals surface area contributed by atoms with E-state index in [4.69, 9.17) is 0 Å². The van der Waals surface area contributed by atoms with Gasteiger partial charge in [-0.15, -0.1) is 0 Å². The number of sulfonamides is 1. The molecule has 1 N–H and O–H groups in total. The third-order valence-electron chi connectivity index (χ3n) is 4.49. The number of hydrogen-bond donors (Lipinski definition) is 1. The minimum Gasteiger partial charge on any atom is -0.348 e. The molecule has 1 aromatic carbocycles. The number of pyridine rings is 1. The second kappa shape index (κ2) is 8.97. The van der Waals surface area contributed by atoms with Crippen molar-refractivity contribution in [1.82, 2.24) is 24.4 Å². The van der Waals surface area contributed by atoms with Crippen LogP contribution in [-0.4, -0.2) is 46.5 Å². The number of nitrogens with zero attached hydrogens (tertiary/aromatic N) is 4. The minimum absolute atomic E-state index is 0.172. The smallest absolute Gasteiger partial charge is 0.251 e. The van der Waals surface area contributed by atoms with Crippen molar-refractivity contribution in [3.8, 4) is 5.82 Å². The Labute approximate surface area is 170 Å². The summed E-state index contributed by atoms with van der Waals surface area (Å²) in [6.45, 7) is 4.63. The number of benzene rings is 1. The Kier molecular flexibility index (Phi) is 6.40. The van der Waals surface area contributed by atoms with Gasteiger partial charge in [-0.25, -0.2) is 18.1 Å². The predicted octanol–water partition coefficient (Wildman–Crippen LogP) is 2.23. The van der Waals surface area contributed by atoms with Crippen molar-refractivity contribution in [2.45, 2.75) is 25.3 Å². The topological polar surface area (TPSA) is 97.2 Å². The Hall–Kier alpha value is -3.04. The summed E-state index contributed by atoms with van der Waals surface area (Å²) >= 11 is 0. The number of aromatic nitrogens is 3. The molecule has 0 fully saturated rings. The fourth-order valence-electron chi connectivity index (χ4n) is 2.94. The van der Waals surface area contributed by atoms with Crippen molar-refractivity contribution in [1.29, 1.82) is 0 Å². The van der Waals surface area contributed by atoms with Crippen LogP contribution in [0.3, 0.4) is 0 Å². The first-order chi connectivity index (χ1) is 14.0. The van der Waals surface area contributed by atoms with Gasteiger partial charge in [-0.1, -0.05) is 19.9 Å². The molecule has 3 rings (SSSR count). The molecule has 0 aliphatic carbocycles. The molecule has 3 aromatic rings. The average Bonchev–Trinajstić information content (AvgIpc) is 3.28. The molecule has 0 spiro atoms. The van der Waals surface area contributed by atoms with E-state index in [1.165, 1.54) is 28.6 Å². The molecule has 0 saturated heterocycles. The van der Waals surface area contributed by atoms with Crippen LogP contribution >= 0.6 is 0 Å². The van der Waals surface area contributed by atoms with Gasteiger partial charge >= 0.3 is 0 Å². The molecular formula is C20H23N5O3S. The van der Waals surface area contributed by atoms with E-state index in [0.29, 0.717) is 24.5 Å². The van der Waals surface area contributed by atoms with E-state index in [0.717, 1.165) is 5.56 Å². The van der Waals surface area contributed by atoms with Crippen molar-refractivity contribution < 1.29 is 13.2 Å². The van der Waals surface area contributed by atoms with Crippen LogP contribution in [0.2, 0.25) is 0 Å². The molecular weight excluding hydrogens is 390 g/mol. The quantitative estimate of drug-likeness (QED) is 0.611. The fourth-order valence-corrected chi connectivity index (χ4v) is 4.40. The van der Waals surface area contributed by atoms with Crippen molar-refractivity contribution in [2.75, 3.05) is 13.1 Å². The number of amides is 1. The van der Waals surface area contributed by atoms with Crippen LogP contribution in [0.15, 0.2) is 66.0 Å². The normalized spacial score (nSPS) is 11.6. The molecule has 2 aromatic heterocycles. The molecule has 2 heterocycles. The van der Waals surface area contributed by atoms with Gasteiger partial charge in [0.05, 0.1) is 4.90 Å². The lowest BCUT2D eigenvalue weighted by atomic mass is 10.2. The Morgan fingerprint density at radius 2 is 1.79 bits per heavy atom. The van der Waals surface area contributed by atoms with Crippen LogP contribution in [0.1, 0.15) is 29.8 Å². The first kappa shape index (κ1) is 20.7. The van der Waals surface area contributed by atoms with Crippen LogP contribution in [0.5, 0.6) is 0 Å². The molecule has 9 heteroatoms. The standard InChI is InChI=1S/C20H23N5O3S/c1-3-24(4-2)29(27,28)18-10-8-16(9-11-18)20(26)22-15-17-7-5-12-21-19(17)25-14-6-13-23-25/h5-14H,3-4,15H2,1-2H3,(H,22,26). The lowest BCUT2D eigenvalue weighted by Crippen LogP contribution is -2.30. The molecule has 0 aliphatic heterocycles. The van der Waals surface area contributed by atoms with Gasteiger partial charge in [0, 0.05) is 49.4 Å². The van der Waals surface area contributed by atoms with Crippen molar-refractivity contribution >= 4 is 15.9 Å². The van der Waals surface area contributed by atoms with E-state index in [9.17, 15) is 13.2 Å². The van der Waals surface area contributed by atoms with Crippen LogP contribution in [-0.2, 0) is 16.6 Å². The van der Waals surface area contributed by atoms with Crippen LogP contribution in [0, 0.1) is 0 Å². The fraction of sp³-hybridized carbons (Fsp3) is 0.250. The Balaban J connectivity index is 1.72. The number of hydrogen-bond acceptors (Lipinski definition) is 5. The van der Waals surface area contributed by atoms with Gasteiger partial charge in [0.1, 0.15) is 0 Å². The molecule has 0 saturated carbocycles. The van der Waals surface area contributed by atoms with Gasteiger partial charge in [-0.05, 0) is 36.4 Å². The zero-order valence-corrected chi connectivity index (χ0v) is 17.1. The summed E-state index contributed by atoms with van der Waals surface area (Å²) in [6, 6.07) is 11.4.